The van der Waals surface area contributed by atoms with Crippen LogP contribution in [0, 0.1) is 16.7 Å². The molecule has 1 aromatic rings. The van der Waals surface area contributed by atoms with Crippen LogP contribution < -0.4 is 10.5 Å². The van der Waals surface area contributed by atoms with E-state index in [2.05, 4.69) is 33.0 Å². The molecule has 0 aliphatic heterocycles. The van der Waals surface area contributed by atoms with Gasteiger partial charge in [0.25, 0.3) is 0 Å². The van der Waals surface area contributed by atoms with Gasteiger partial charge in [-0.1, -0.05) is 33.8 Å². The lowest BCUT2D eigenvalue weighted by atomic mass is 10.0. The summed E-state index contributed by atoms with van der Waals surface area (Å²) in [6, 6.07) is 5.97. The molecule has 0 aromatic heterocycles. The van der Waals surface area contributed by atoms with E-state index in [1.54, 1.807) is 12.1 Å². The van der Waals surface area contributed by atoms with E-state index in [1.165, 1.54) is 12.1 Å². The van der Waals surface area contributed by atoms with E-state index < -0.39 is 10.0 Å². The van der Waals surface area contributed by atoms with Crippen LogP contribution in [0.25, 0.3) is 0 Å². The van der Waals surface area contributed by atoms with E-state index in [0.717, 1.165) is 0 Å². The number of sulfonamides is 1. The largest absolute Gasteiger partial charge is 0.326 e. The van der Waals surface area contributed by atoms with Gasteiger partial charge in [0.1, 0.15) is 0 Å². The molecule has 0 unspecified atom stereocenters. The molecule has 2 rings (SSSR count). The Labute approximate surface area is 119 Å². The Balaban J connectivity index is 2.19. The summed E-state index contributed by atoms with van der Waals surface area (Å²) >= 11 is 0. The van der Waals surface area contributed by atoms with Crippen molar-refractivity contribution >= 4 is 21.6 Å². The lowest BCUT2D eigenvalue weighted by Gasteiger charge is -2.07. The van der Waals surface area contributed by atoms with Crippen molar-refractivity contribution in [1.82, 2.24) is 0 Å². The Morgan fingerprint density at radius 3 is 2.20 bits per heavy atom. The number of hydrogen-bond donors (Lipinski definition) is 2. The van der Waals surface area contributed by atoms with Crippen LogP contribution in [0.15, 0.2) is 29.2 Å². The predicted octanol–water partition coefficient (Wildman–Crippen LogP) is 1.95. The highest BCUT2D eigenvalue weighted by Crippen LogP contribution is 2.68. The van der Waals surface area contributed by atoms with E-state index in [4.69, 9.17) is 5.14 Å². The molecule has 3 N–H and O–H groups in total. The van der Waals surface area contributed by atoms with Gasteiger partial charge in [0, 0.05) is 11.6 Å². The average molecular weight is 296 g/mol. The highest BCUT2D eigenvalue weighted by molar-refractivity contribution is 7.89. The fourth-order valence-electron chi connectivity index (χ4n) is 2.82. The number of carbonyl (C=O) groups excluding carboxylic acids is 1. The minimum atomic E-state index is -3.76. The van der Waals surface area contributed by atoms with E-state index >= 15 is 0 Å². The first-order valence-electron chi connectivity index (χ1n) is 6.41. The molecule has 5 nitrogen and oxygen atoms in total. The summed E-state index contributed by atoms with van der Waals surface area (Å²) in [7, 11) is -3.76. The zero-order chi connectivity index (χ0) is 15.3. The minimum Gasteiger partial charge on any atom is -0.326 e. The molecule has 1 aromatic carbocycles. The molecule has 0 atom stereocenters. The number of nitrogens with one attached hydrogen (secondary N) is 1. The zero-order valence-corrected chi connectivity index (χ0v) is 12.9. The van der Waals surface area contributed by atoms with Crippen molar-refractivity contribution in [3.8, 4) is 0 Å². The second-order valence-corrected chi connectivity index (χ2v) is 8.00. The second kappa shape index (κ2) is 4.30. The molecule has 1 fully saturated rings. The fraction of sp³-hybridized carbons (Fsp3) is 0.500. The number of primary sulfonamides is 1. The molecule has 1 aliphatic rings. The average Bonchev–Trinajstić information content (AvgIpc) is 2.68. The molecule has 6 heteroatoms. The van der Waals surface area contributed by atoms with Crippen LogP contribution in [0.1, 0.15) is 27.7 Å². The summed E-state index contributed by atoms with van der Waals surface area (Å²) in [4.78, 5) is 12.3. The van der Waals surface area contributed by atoms with Gasteiger partial charge in [-0.25, -0.2) is 13.6 Å². The molecule has 0 radical (unpaired) electrons. The maximum absolute atomic E-state index is 12.3. The van der Waals surface area contributed by atoms with Gasteiger partial charge in [0.15, 0.2) is 0 Å². The summed E-state index contributed by atoms with van der Waals surface area (Å²) in [5.41, 5.74) is 0.323. The van der Waals surface area contributed by atoms with Gasteiger partial charge in [0.2, 0.25) is 15.9 Å². The third kappa shape index (κ3) is 2.33. The Hall–Kier alpha value is -1.40. The smallest absolute Gasteiger partial charge is 0.238 e. The molecule has 1 amide bonds. The molecule has 1 aliphatic carbocycles. The standard InChI is InChI=1S/C14H20N2O3S/c1-13(2)11(14(13,3)4)12(17)16-9-6-5-7-10(8-9)20(15,18)19/h5-8,11H,1-4H3,(H,16,17)(H2,15,18,19). The van der Waals surface area contributed by atoms with Crippen LogP contribution in [-0.2, 0) is 14.8 Å². The fourth-order valence-corrected chi connectivity index (χ4v) is 3.38. The van der Waals surface area contributed by atoms with E-state index in [0.29, 0.717) is 5.69 Å². The normalized spacial score (nSPS) is 20.4. The first-order valence-corrected chi connectivity index (χ1v) is 7.96. The quantitative estimate of drug-likeness (QED) is 0.893. The topological polar surface area (TPSA) is 89.3 Å². The summed E-state index contributed by atoms with van der Waals surface area (Å²) in [5, 5.41) is 7.84. The highest BCUT2D eigenvalue weighted by atomic mass is 32.2. The number of carbonyl (C=O) groups is 1. The molecule has 0 spiro atoms. The first-order chi connectivity index (χ1) is 8.98. The third-order valence-corrected chi connectivity index (χ3v) is 5.62. The van der Waals surface area contributed by atoms with Crippen molar-refractivity contribution in [3.63, 3.8) is 0 Å². The SMILES string of the molecule is CC1(C)C(C(=O)Nc2cccc(S(N)(=O)=O)c2)C1(C)C. The maximum Gasteiger partial charge on any atom is 0.238 e. The van der Waals surface area contributed by atoms with E-state index in [9.17, 15) is 13.2 Å². The van der Waals surface area contributed by atoms with Gasteiger partial charge in [0.05, 0.1) is 4.90 Å². The molecule has 0 bridgehead atoms. The van der Waals surface area contributed by atoms with Crippen LogP contribution in [0.4, 0.5) is 5.69 Å². The number of anilines is 1. The van der Waals surface area contributed by atoms with Crippen LogP contribution in [0.5, 0.6) is 0 Å². The second-order valence-electron chi connectivity index (χ2n) is 6.44. The molecule has 20 heavy (non-hydrogen) atoms. The summed E-state index contributed by atoms with van der Waals surface area (Å²) in [6.07, 6.45) is 0. The van der Waals surface area contributed by atoms with Crippen LogP contribution in [0.2, 0.25) is 0 Å². The van der Waals surface area contributed by atoms with Crippen molar-refractivity contribution in [2.75, 3.05) is 5.32 Å². The minimum absolute atomic E-state index is 0.00961. The van der Waals surface area contributed by atoms with Crippen LogP contribution in [-0.4, -0.2) is 14.3 Å². The lowest BCUT2D eigenvalue weighted by Crippen LogP contribution is -2.18. The number of amides is 1. The maximum atomic E-state index is 12.3. The summed E-state index contributed by atoms with van der Waals surface area (Å²) < 4.78 is 22.6. The predicted molar refractivity (Wildman–Crippen MR) is 77.5 cm³/mol. The van der Waals surface area contributed by atoms with Crippen LogP contribution in [0.3, 0.4) is 0 Å². The molecule has 1 saturated carbocycles. The van der Waals surface area contributed by atoms with Crippen molar-refractivity contribution in [3.05, 3.63) is 24.3 Å². The molecule has 0 heterocycles. The molecule has 110 valence electrons. The van der Waals surface area contributed by atoms with Gasteiger partial charge < -0.3 is 5.32 Å². The first kappa shape index (κ1) is 15.0. The number of hydrogen-bond acceptors (Lipinski definition) is 3. The van der Waals surface area contributed by atoms with Gasteiger partial charge in [-0.05, 0) is 29.0 Å². The Morgan fingerprint density at radius 2 is 1.75 bits per heavy atom. The highest BCUT2D eigenvalue weighted by Gasteiger charge is 2.68. The van der Waals surface area contributed by atoms with Gasteiger partial charge >= 0.3 is 0 Å². The van der Waals surface area contributed by atoms with Crippen molar-refractivity contribution in [1.29, 1.82) is 0 Å². The number of nitrogens with two attached hydrogens (primary N) is 1. The Bertz CT molecular complexity index is 649. The number of rotatable bonds is 3. The zero-order valence-electron chi connectivity index (χ0n) is 12.1. The van der Waals surface area contributed by atoms with Crippen molar-refractivity contribution in [2.45, 2.75) is 32.6 Å². The third-order valence-electron chi connectivity index (χ3n) is 4.71. The Kier molecular flexibility index (Phi) is 3.22. The summed E-state index contributed by atoms with van der Waals surface area (Å²) in [5.74, 6) is -0.181. The van der Waals surface area contributed by atoms with E-state index in [-0.39, 0.29) is 27.6 Å². The monoisotopic (exact) mass is 296 g/mol. The van der Waals surface area contributed by atoms with Crippen LogP contribution >= 0.6 is 0 Å². The molecule has 0 saturated heterocycles. The molecular formula is C14H20N2O3S. The van der Waals surface area contributed by atoms with Crippen molar-refractivity contribution in [2.24, 2.45) is 21.9 Å². The summed E-state index contributed by atoms with van der Waals surface area (Å²) in [6.45, 7) is 8.21. The van der Waals surface area contributed by atoms with Gasteiger partial charge in [-0.15, -0.1) is 0 Å². The van der Waals surface area contributed by atoms with Crippen molar-refractivity contribution < 1.29 is 13.2 Å². The Morgan fingerprint density at radius 1 is 1.20 bits per heavy atom. The van der Waals surface area contributed by atoms with E-state index in [1.807, 2.05) is 0 Å². The number of benzene rings is 1. The van der Waals surface area contributed by atoms with Gasteiger partial charge in [-0.2, -0.15) is 0 Å². The lowest BCUT2D eigenvalue weighted by molar-refractivity contribution is -0.118. The molecular weight excluding hydrogens is 276 g/mol. The van der Waals surface area contributed by atoms with Gasteiger partial charge in [-0.3, -0.25) is 4.79 Å².